The van der Waals surface area contributed by atoms with Crippen molar-refractivity contribution in [1.29, 1.82) is 0 Å². The van der Waals surface area contributed by atoms with E-state index in [1.54, 1.807) is 0 Å². The summed E-state index contributed by atoms with van der Waals surface area (Å²) in [7, 11) is 1.97. The summed E-state index contributed by atoms with van der Waals surface area (Å²) < 4.78 is 2.05. The van der Waals surface area contributed by atoms with Gasteiger partial charge in [0.05, 0.1) is 6.04 Å². The minimum absolute atomic E-state index is 0.0127. The summed E-state index contributed by atoms with van der Waals surface area (Å²) in [5.74, 6) is -0.136. The average molecular weight is 531 g/mol. The van der Waals surface area contributed by atoms with Gasteiger partial charge in [-0.25, -0.2) is 0 Å². The number of carbonyl (C=O) groups is 2. The van der Waals surface area contributed by atoms with Gasteiger partial charge in [-0.05, 0) is 79.5 Å². The molecule has 0 bridgehead atoms. The van der Waals surface area contributed by atoms with Crippen molar-refractivity contribution in [3.05, 3.63) is 88.2 Å². The molecule has 2 aromatic carbocycles. The number of rotatable bonds is 16. The highest BCUT2D eigenvalue weighted by molar-refractivity contribution is 6.10. The Bertz CT molecular complexity index is 1210. The number of aromatic nitrogens is 1. The number of carbonyl (C=O) groups excluding carboxylic acids is 1. The summed E-state index contributed by atoms with van der Waals surface area (Å²) in [6, 6.07) is 19.0. The Morgan fingerprint density at radius 1 is 0.949 bits per heavy atom. The molecular weight excluding hydrogens is 484 g/mol. The van der Waals surface area contributed by atoms with Crippen LogP contribution in [0.2, 0.25) is 0 Å². The van der Waals surface area contributed by atoms with Gasteiger partial charge < -0.3 is 15.0 Å². The van der Waals surface area contributed by atoms with Gasteiger partial charge in [0.2, 0.25) is 0 Å². The number of aryl methyl sites for hydroxylation is 1. The third-order valence-corrected chi connectivity index (χ3v) is 7.47. The number of nitrogens with zero attached hydrogens (tertiary/aromatic N) is 1. The zero-order valence-corrected chi connectivity index (χ0v) is 24.4. The van der Waals surface area contributed by atoms with E-state index in [4.69, 9.17) is 5.11 Å². The third kappa shape index (κ3) is 8.58. The molecule has 1 heterocycles. The van der Waals surface area contributed by atoms with Crippen LogP contribution < -0.4 is 5.32 Å². The molecule has 0 amide bonds. The third-order valence-electron chi connectivity index (χ3n) is 7.47. The zero-order valence-electron chi connectivity index (χ0n) is 24.4. The molecule has 1 aromatic heterocycles. The predicted octanol–water partition coefficient (Wildman–Crippen LogP) is 8.16. The van der Waals surface area contributed by atoms with Crippen molar-refractivity contribution in [2.24, 2.45) is 13.0 Å². The molecule has 3 aromatic rings. The number of benzene rings is 2. The normalized spacial score (nSPS) is 12.1. The molecule has 0 aliphatic rings. The van der Waals surface area contributed by atoms with Crippen molar-refractivity contribution in [2.45, 2.75) is 91.5 Å². The molecule has 0 radical (unpaired) electrons. The molecule has 1 unspecified atom stereocenters. The van der Waals surface area contributed by atoms with Crippen molar-refractivity contribution in [3.63, 3.8) is 0 Å². The molecule has 2 N–H and O–H groups in total. The Kier molecular flexibility index (Phi) is 11.4. The van der Waals surface area contributed by atoms with E-state index < -0.39 is 5.97 Å². The number of unbranched alkanes of at least 4 members (excludes halogenated alkanes) is 2. The van der Waals surface area contributed by atoms with E-state index in [1.165, 1.54) is 30.4 Å². The highest BCUT2D eigenvalue weighted by Gasteiger charge is 2.19. The second kappa shape index (κ2) is 14.7. The van der Waals surface area contributed by atoms with Gasteiger partial charge in [0, 0.05) is 41.7 Å². The van der Waals surface area contributed by atoms with Crippen LogP contribution in [0.15, 0.2) is 54.6 Å². The SMILES string of the molecule is CCCCCC(Nc1ccc(C(=O)c2cc(CCCC(=O)O)n(C)c2CC)cc1)c1ccc(CC(C)C)cc1. The number of anilines is 1. The Hall–Kier alpha value is -3.34. The van der Waals surface area contributed by atoms with Crippen LogP contribution in [0.1, 0.15) is 111 Å². The van der Waals surface area contributed by atoms with Gasteiger partial charge in [0.15, 0.2) is 5.78 Å². The Morgan fingerprint density at radius 2 is 1.64 bits per heavy atom. The molecule has 0 aliphatic heterocycles. The van der Waals surface area contributed by atoms with Gasteiger partial charge in [0.25, 0.3) is 0 Å². The first-order valence-corrected chi connectivity index (χ1v) is 14.6. The number of carboxylic acids is 1. The summed E-state index contributed by atoms with van der Waals surface area (Å²) in [6.45, 7) is 8.78. The molecule has 5 heteroatoms. The molecule has 1 atom stereocenters. The van der Waals surface area contributed by atoms with Crippen LogP contribution in [0.3, 0.4) is 0 Å². The highest BCUT2D eigenvalue weighted by Crippen LogP contribution is 2.27. The summed E-state index contributed by atoms with van der Waals surface area (Å²) in [6.07, 6.45) is 7.80. The Morgan fingerprint density at radius 3 is 2.23 bits per heavy atom. The van der Waals surface area contributed by atoms with Crippen LogP contribution in [-0.2, 0) is 31.1 Å². The van der Waals surface area contributed by atoms with Crippen molar-refractivity contribution in [1.82, 2.24) is 4.57 Å². The fourth-order valence-corrected chi connectivity index (χ4v) is 5.34. The zero-order chi connectivity index (χ0) is 28.4. The maximum Gasteiger partial charge on any atom is 0.303 e. The molecule has 0 spiro atoms. The van der Waals surface area contributed by atoms with E-state index >= 15 is 0 Å². The number of nitrogens with one attached hydrogen (secondary N) is 1. The van der Waals surface area contributed by atoms with Crippen LogP contribution in [0, 0.1) is 5.92 Å². The molecule has 0 saturated carbocycles. The quantitative estimate of drug-likeness (QED) is 0.145. The molecular formula is C34H46N2O3. The van der Waals surface area contributed by atoms with Gasteiger partial charge >= 0.3 is 5.97 Å². The van der Waals surface area contributed by atoms with E-state index in [0.29, 0.717) is 29.9 Å². The fraction of sp³-hybridized carbons (Fsp3) is 0.471. The average Bonchev–Trinajstić information content (AvgIpc) is 3.23. The smallest absolute Gasteiger partial charge is 0.303 e. The molecule has 0 fully saturated rings. The lowest BCUT2D eigenvalue weighted by atomic mass is 9.96. The second-order valence-electron chi connectivity index (χ2n) is 11.1. The van der Waals surface area contributed by atoms with E-state index in [9.17, 15) is 9.59 Å². The lowest BCUT2D eigenvalue weighted by Crippen LogP contribution is -2.11. The Labute approximate surface area is 234 Å². The highest BCUT2D eigenvalue weighted by atomic mass is 16.4. The lowest BCUT2D eigenvalue weighted by Gasteiger charge is -2.21. The van der Waals surface area contributed by atoms with Gasteiger partial charge in [-0.1, -0.05) is 71.2 Å². The standard InChI is InChI=1S/C34H46N2O3/c1-6-8-9-12-31(26-16-14-25(15-17-26)22-24(3)4)35-28-20-18-27(19-21-28)34(39)30-23-29(11-10-13-33(37)38)36(5)32(30)7-2/h14-21,23-24,31,35H,6-13,22H2,1-5H3,(H,37,38). The summed E-state index contributed by atoms with van der Waals surface area (Å²) in [4.78, 5) is 24.4. The maximum absolute atomic E-state index is 13.5. The first-order valence-electron chi connectivity index (χ1n) is 14.6. The first-order chi connectivity index (χ1) is 18.7. The van der Waals surface area contributed by atoms with E-state index in [2.05, 4.69) is 54.9 Å². The van der Waals surface area contributed by atoms with Gasteiger partial charge in [-0.3, -0.25) is 9.59 Å². The van der Waals surface area contributed by atoms with Crippen LogP contribution in [0.5, 0.6) is 0 Å². The molecule has 0 saturated heterocycles. The number of ketones is 1. The molecule has 39 heavy (non-hydrogen) atoms. The maximum atomic E-state index is 13.5. The minimum Gasteiger partial charge on any atom is -0.481 e. The van der Waals surface area contributed by atoms with E-state index in [0.717, 1.165) is 36.3 Å². The van der Waals surface area contributed by atoms with E-state index in [-0.39, 0.29) is 18.2 Å². The largest absolute Gasteiger partial charge is 0.481 e. The number of hydrogen-bond donors (Lipinski definition) is 2. The number of carboxylic acid groups (broad SMARTS) is 1. The lowest BCUT2D eigenvalue weighted by molar-refractivity contribution is -0.137. The van der Waals surface area contributed by atoms with Gasteiger partial charge in [-0.2, -0.15) is 0 Å². The van der Waals surface area contributed by atoms with Gasteiger partial charge in [-0.15, -0.1) is 0 Å². The van der Waals surface area contributed by atoms with Crippen molar-refractivity contribution < 1.29 is 14.7 Å². The van der Waals surface area contributed by atoms with Crippen LogP contribution in [-0.4, -0.2) is 21.4 Å². The molecule has 210 valence electrons. The van der Waals surface area contributed by atoms with Crippen molar-refractivity contribution in [3.8, 4) is 0 Å². The Balaban J connectivity index is 1.75. The van der Waals surface area contributed by atoms with Crippen molar-refractivity contribution in [2.75, 3.05) is 5.32 Å². The number of hydrogen-bond acceptors (Lipinski definition) is 3. The predicted molar refractivity (Wildman–Crippen MR) is 161 cm³/mol. The fourth-order valence-electron chi connectivity index (χ4n) is 5.34. The molecule has 5 nitrogen and oxygen atoms in total. The first kappa shape index (κ1) is 30.2. The topological polar surface area (TPSA) is 71.3 Å². The second-order valence-corrected chi connectivity index (χ2v) is 11.1. The van der Waals surface area contributed by atoms with Crippen LogP contribution in [0.4, 0.5) is 5.69 Å². The van der Waals surface area contributed by atoms with Crippen molar-refractivity contribution >= 4 is 17.4 Å². The van der Waals surface area contributed by atoms with Crippen LogP contribution >= 0.6 is 0 Å². The molecule has 0 aliphatic carbocycles. The monoisotopic (exact) mass is 530 g/mol. The van der Waals surface area contributed by atoms with Crippen LogP contribution in [0.25, 0.3) is 0 Å². The minimum atomic E-state index is -0.791. The number of aliphatic carboxylic acids is 1. The van der Waals surface area contributed by atoms with Gasteiger partial charge in [0.1, 0.15) is 0 Å². The summed E-state index contributed by atoms with van der Waals surface area (Å²) >= 11 is 0. The molecule has 3 rings (SSSR count). The van der Waals surface area contributed by atoms with E-state index in [1.807, 2.05) is 44.3 Å². The summed E-state index contributed by atoms with van der Waals surface area (Å²) in [5.41, 5.74) is 7.06. The summed E-state index contributed by atoms with van der Waals surface area (Å²) in [5, 5.41) is 12.7.